The third kappa shape index (κ3) is 4.15. The fourth-order valence-corrected chi connectivity index (χ4v) is 2.20. The van der Waals surface area contributed by atoms with Crippen molar-refractivity contribution in [1.82, 2.24) is 4.90 Å². The smallest absolute Gasteiger partial charge is 0.226 e. The Morgan fingerprint density at radius 2 is 2.00 bits per heavy atom. The predicted molar refractivity (Wildman–Crippen MR) is 71.6 cm³/mol. The van der Waals surface area contributed by atoms with Gasteiger partial charge in [0.1, 0.15) is 0 Å². The number of carbonyl (C=O) groups excluding carboxylic acids is 1. The van der Waals surface area contributed by atoms with Crippen molar-refractivity contribution in [2.45, 2.75) is 40.0 Å². The molecule has 0 saturated heterocycles. The summed E-state index contributed by atoms with van der Waals surface area (Å²) in [6.07, 6.45) is 7.04. The van der Waals surface area contributed by atoms with E-state index in [-0.39, 0.29) is 11.3 Å². The lowest BCUT2D eigenvalue weighted by Gasteiger charge is -2.33. The molecular formula is C14H26N2O. The van der Waals surface area contributed by atoms with Crippen LogP contribution in [0.4, 0.5) is 0 Å². The Balaban J connectivity index is 2.61. The van der Waals surface area contributed by atoms with Gasteiger partial charge in [-0.3, -0.25) is 4.79 Å². The molecule has 0 bridgehead atoms. The number of hydrogen-bond donors (Lipinski definition) is 1. The highest BCUT2D eigenvalue weighted by molar-refractivity contribution is 5.79. The van der Waals surface area contributed by atoms with Crippen molar-refractivity contribution in [3.63, 3.8) is 0 Å². The zero-order chi connectivity index (χ0) is 12.9. The van der Waals surface area contributed by atoms with Crippen LogP contribution in [0.15, 0.2) is 12.2 Å². The van der Waals surface area contributed by atoms with E-state index in [2.05, 4.69) is 32.9 Å². The molecule has 2 N–H and O–H groups in total. The van der Waals surface area contributed by atoms with Crippen LogP contribution in [0.2, 0.25) is 0 Å². The van der Waals surface area contributed by atoms with Gasteiger partial charge in [-0.05, 0) is 31.2 Å². The van der Waals surface area contributed by atoms with Gasteiger partial charge in [0.15, 0.2) is 0 Å². The summed E-state index contributed by atoms with van der Waals surface area (Å²) in [5.74, 6) is 0.480. The summed E-state index contributed by atoms with van der Waals surface area (Å²) in [5.41, 5.74) is 5.76. The van der Waals surface area contributed by atoms with Crippen LogP contribution in [0, 0.1) is 11.3 Å². The zero-order valence-electron chi connectivity index (χ0n) is 11.4. The fraction of sp³-hybridized carbons (Fsp3) is 0.786. The highest BCUT2D eigenvalue weighted by atomic mass is 16.2. The topological polar surface area (TPSA) is 46.3 Å². The van der Waals surface area contributed by atoms with E-state index < -0.39 is 0 Å². The summed E-state index contributed by atoms with van der Waals surface area (Å²) >= 11 is 0. The molecule has 0 radical (unpaired) electrons. The molecule has 17 heavy (non-hydrogen) atoms. The molecule has 0 heterocycles. The van der Waals surface area contributed by atoms with Gasteiger partial charge in [-0.15, -0.1) is 0 Å². The van der Waals surface area contributed by atoms with Crippen molar-refractivity contribution in [3.8, 4) is 0 Å². The maximum Gasteiger partial charge on any atom is 0.226 e. The standard InChI is InChI=1S/C14H26N2O/c1-4-9-16(11-14(2,3)10-15)13(17)12-7-5-6-8-12/h5-6,12H,4,7-11,15H2,1-3H3. The van der Waals surface area contributed by atoms with Gasteiger partial charge in [0.05, 0.1) is 0 Å². The molecule has 0 saturated carbocycles. The maximum absolute atomic E-state index is 12.4. The SMILES string of the molecule is CCCN(CC(C)(C)CN)C(=O)C1CC=CC1. The molecule has 98 valence electrons. The average molecular weight is 238 g/mol. The van der Waals surface area contributed by atoms with E-state index in [9.17, 15) is 4.79 Å². The number of nitrogens with two attached hydrogens (primary N) is 1. The average Bonchev–Trinajstić information content (AvgIpc) is 2.81. The maximum atomic E-state index is 12.4. The number of allylic oxidation sites excluding steroid dienone is 2. The van der Waals surface area contributed by atoms with Gasteiger partial charge in [-0.2, -0.15) is 0 Å². The number of carbonyl (C=O) groups is 1. The summed E-state index contributed by atoms with van der Waals surface area (Å²) in [7, 11) is 0. The summed E-state index contributed by atoms with van der Waals surface area (Å²) in [4.78, 5) is 14.4. The van der Waals surface area contributed by atoms with Gasteiger partial charge in [0.2, 0.25) is 5.91 Å². The number of nitrogens with zero attached hydrogens (tertiary/aromatic N) is 1. The first-order chi connectivity index (χ1) is 8.00. The second-order valence-electron chi connectivity index (χ2n) is 5.77. The van der Waals surface area contributed by atoms with Crippen molar-refractivity contribution in [2.75, 3.05) is 19.6 Å². The first-order valence-corrected chi connectivity index (χ1v) is 6.64. The monoisotopic (exact) mass is 238 g/mol. The Kier molecular flexibility index (Phi) is 5.19. The van der Waals surface area contributed by atoms with Crippen LogP contribution in [0.3, 0.4) is 0 Å². The van der Waals surface area contributed by atoms with Gasteiger partial charge in [-0.25, -0.2) is 0 Å². The minimum absolute atomic E-state index is 0.0108. The Bertz CT molecular complexity index is 276. The quantitative estimate of drug-likeness (QED) is 0.721. The van der Waals surface area contributed by atoms with Crippen molar-refractivity contribution in [3.05, 3.63) is 12.2 Å². The third-order valence-corrected chi connectivity index (χ3v) is 3.33. The lowest BCUT2D eigenvalue weighted by atomic mass is 9.92. The van der Waals surface area contributed by atoms with E-state index in [4.69, 9.17) is 5.73 Å². The molecule has 1 rings (SSSR count). The number of hydrogen-bond acceptors (Lipinski definition) is 2. The molecule has 0 unspecified atom stereocenters. The Morgan fingerprint density at radius 1 is 1.41 bits per heavy atom. The summed E-state index contributed by atoms with van der Waals surface area (Å²) in [6, 6.07) is 0. The van der Waals surface area contributed by atoms with Gasteiger partial charge in [-0.1, -0.05) is 32.9 Å². The van der Waals surface area contributed by atoms with Crippen LogP contribution in [0.1, 0.15) is 40.0 Å². The molecule has 0 aromatic heterocycles. The molecule has 0 aromatic carbocycles. The second kappa shape index (κ2) is 6.20. The number of amides is 1. The van der Waals surface area contributed by atoms with Crippen molar-refractivity contribution < 1.29 is 4.79 Å². The highest BCUT2D eigenvalue weighted by Crippen LogP contribution is 2.23. The van der Waals surface area contributed by atoms with Crippen LogP contribution in [-0.4, -0.2) is 30.4 Å². The Morgan fingerprint density at radius 3 is 2.47 bits per heavy atom. The van der Waals surface area contributed by atoms with E-state index in [1.54, 1.807) is 0 Å². The Labute approximate surface area is 105 Å². The Hall–Kier alpha value is -0.830. The first kappa shape index (κ1) is 14.2. The molecule has 0 spiro atoms. The van der Waals surface area contributed by atoms with Crippen LogP contribution >= 0.6 is 0 Å². The van der Waals surface area contributed by atoms with Gasteiger partial charge >= 0.3 is 0 Å². The molecular weight excluding hydrogens is 212 g/mol. The molecule has 1 amide bonds. The second-order valence-corrected chi connectivity index (χ2v) is 5.77. The van der Waals surface area contributed by atoms with Crippen molar-refractivity contribution >= 4 is 5.91 Å². The molecule has 3 nitrogen and oxygen atoms in total. The fourth-order valence-electron chi connectivity index (χ4n) is 2.20. The van der Waals surface area contributed by atoms with Gasteiger partial charge < -0.3 is 10.6 Å². The lowest BCUT2D eigenvalue weighted by Crippen LogP contribution is -2.44. The zero-order valence-corrected chi connectivity index (χ0v) is 11.4. The summed E-state index contributed by atoms with van der Waals surface area (Å²) in [5, 5.41) is 0. The van der Waals surface area contributed by atoms with Crippen LogP contribution in [0.5, 0.6) is 0 Å². The van der Waals surface area contributed by atoms with E-state index in [1.807, 2.05) is 4.90 Å². The van der Waals surface area contributed by atoms with Crippen LogP contribution < -0.4 is 5.73 Å². The first-order valence-electron chi connectivity index (χ1n) is 6.64. The van der Waals surface area contributed by atoms with E-state index in [1.165, 1.54) is 0 Å². The van der Waals surface area contributed by atoms with Gasteiger partial charge in [0.25, 0.3) is 0 Å². The minimum Gasteiger partial charge on any atom is -0.342 e. The summed E-state index contributed by atoms with van der Waals surface area (Å²) in [6.45, 7) is 8.59. The largest absolute Gasteiger partial charge is 0.342 e. The van der Waals surface area contributed by atoms with Crippen LogP contribution in [0.25, 0.3) is 0 Å². The van der Waals surface area contributed by atoms with E-state index >= 15 is 0 Å². The number of rotatable bonds is 6. The van der Waals surface area contributed by atoms with Crippen molar-refractivity contribution in [1.29, 1.82) is 0 Å². The molecule has 0 aliphatic heterocycles. The highest BCUT2D eigenvalue weighted by Gasteiger charge is 2.28. The van der Waals surface area contributed by atoms with Crippen molar-refractivity contribution in [2.24, 2.45) is 17.1 Å². The molecule has 3 heteroatoms. The van der Waals surface area contributed by atoms with E-state index in [0.717, 1.165) is 32.4 Å². The molecule has 0 aromatic rings. The normalized spacial score (nSPS) is 16.5. The molecule has 0 fully saturated rings. The molecule has 0 atom stereocenters. The third-order valence-electron chi connectivity index (χ3n) is 3.33. The molecule has 1 aliphatic rings. The summed E-state index contributed by atoms with van der Waals surface area (Å²) < 4.78 is 0. The lowest BCUT2D eigenvalue weighted by molar-refractivity contribution is -0.136. The minimum atomic E-state index is 0.0108. The molecule has 1 aliphatic carbocycles. The van der Waals surface area contributed by atoms with Gasteiger partial charge in [0, 0.05) is 19.0 Å². The van der Waals surface area contributed by atoms with E-state index in [0.29, 0.717) is 12.5 Å². The predicted octanol–water partition coefficient (Wildman–Crippen LogP) is 2.18. The van der Waals surface area contributed by atoms with Crippen LogP contribution in [-0.2, 0) is 4.79 Å².